The molecule has 116 valence electrons. The molecule has 1 fully saturated rings. The van der Waals surface area contributed by atoms with Gasteiger partial charge in [0.05, 0.1) is 11.2 Å². The third-order valence-electron chi connectivity index (χ3n) is 5.06. The minimum Gasteiger partial charge on any atom is -0.399 e. The van der Waals surface area contributed by atoms with E-state index in [0.717, 1.165) is 5.46 Å². The molecule has 3 heteroatoms. The maximum Gasteiger partial charge on any atom is 0.494 e. The first-order valence-corrected chi connectivity index (χ1v) is 8.09. The molecule has 3 rings (SSSR count). The van der Waals surface area contributed by atoms with E-state index in [0.29, 0.717) is 5.92 Å². The van der Waals surface area contributed by atoms with Crippen molar-refractivity contribution < 1.29 is 9.31 Å². The third-order valence-corrected chi connectivity index (χ3v) is 5.06. The molecule has 2 aromatic rings. The maximum absolute atomic E-state index is 6.21. The van der Waals surface area contributed by atoms with Gasteiger partial charge in [-0.25, -0.2) is 0 Å². The van der Waals surface area contributed by atoms with E-state index in [1.807, 2.05) is 0 Å². The second-order valence-corrected chi connectivity index (χ2v) is 7.57. The summed E-state index contributed by atoms with van der Waals surface area (Å²) in [5, 5.41) is 2.57. The maximum atomic E-state index is 6.21. The van der Waals surface area contributed by atoms with E-state index in [1.165, 1.54) is 16.3 Å². The Hall–Kier alpha value is -1.32. The van der Waals surface area contributed by atoms with E-state index < -0.39 is 0 Å². The molecule has 0 spiro atoms. The van der Waals surface area contributed by atoms with Gasteiger partial charge in [-0.2, -0.15) is 0 Å². The molecule has 0 unspecified atom stereocenters. The standard InChI is InChI=1S/C19H25BO2/c1-13(2)17-12-15(11-14-9-7-8-10-16(14)17)20-21-18(3,4)19(5,6)22-20/h7-13H,1-6H3. The summed E-state index contributed by atoms with van der Waals surface area (Å²) in [7, 11) is -0.299. The topological polar surface area (TPSA) is 18.5 Å². The fourth-order valence-electron chi connectivity index (χ4n) is 2.96. The molecule has 0 bridgehead atoms. The van der Waals surface area contributed by atoms with Crippen molar-refractivity contribution in [3.05, 3.63) is 42.0 Å². The highest BCUT2D eigenvalue weighted by atomic mass is 16.7. The van der Waals surface area contributed by atoms with Crippen molar-refractivity contribution in [3.8, 4) is 0 Å². The summed E-state index contributed by atoms with van der Waals surface area (Å²) in [5.41, 5.74) is 1.85. The predicted molar refractivity (Wildman–Crippen MR) is 93.8 cm³/mol. The van der Waals surface area contributed by atoms with Crippen LogP contribution in [0.5, 0.6) is 0 Å². The van der Waals surface area contributed by atoms with Crippen LogP contribution in [0.25, 0.3) is 10.8 Å². The summed E-state index contributed by atoms with van der Waals surface area (Å²) in [6, 6.07) is 13.0. The van der Waals surface area contributed by atoms with Gasteiger partial charge in [-0.1, -0.05) is 50.2 Å². The van der Waals surface area contributed by atoms with Gasteiger partial charge in [-0.15, -0.1) is 0 Å². The van der Waals surface area contributed by atoms with Gasteiger partial charge in [0.15, 0.2) is 0 Å². The molecule has 1 heterocycles. The van der Waals surface area contributed by atoms with Crippen LogP contribution in [0.4, 0.5) is 0 Å². The van der Waals surface area contributed by atoms with Crippen LogP contribution in [0.1, 0.15) is 53.0 Å². The zero-order chi connectivity index (χ0) is 16.1. The van der Waals surface area contributed by atoms with Crippen LogP contribution in [-0.2, 0) is 9.31 Å². The molecular formula is C19H25BO2. The molecule has 1 saturated heterocycles. The molecule has 0 saturated carbocycles. The van der Waals surface area contributed by atoms with Crippen molar-refractivity contribution in [2.24, 2.45) is 0 Å². The molecule has 22 heavy (non-hydrogen) atoms. The first kappa shape index (κ1) is 15.6. The molecule has 1 aliphatic heterocycles. The highest BCUT2D eigenvalue weighted by Gasteiger charge is 2.51. The largest absolute Gasteiger partial charge is 0.494 e. The number of benzene rings is 2. The first-order valence-electron chi connectivity index (χ1n) is 8.09. The predicted octanol–water partition coefficient (Wildman–Crippen LogP) is 4.26. The minimum atomic E-state index is -0.304. The molecule has 0 aromatic heterocycles. The van der Waals surface area contributed by atoms with E-state index in [9.17, 15) is 0 Å². The smallest absolute Gasteiger partial charge is 0.399 e. The van der Waals surface area contributed by atoms with Crippen LogP contribution in [0.2, 0.25) is 0 Å². The highest BCUT2D eigenvalue weighted by molar-refractivity contribution is 6.62. The molecule has 0 N–H and O–H groups in total. The Morgan fingerprint density at radius 3 is 2.09 bits per heavy atom. The lowest BCUT2D eigenvalue weighted by atomic mass is 9.76. The zero-order valence-electron chi connectivity index (χ0n) is 14.4. The molecule has 0 atom stereocenters. The van der Waals surface area contributed by atoms with E-state index in [2.05, 4.69) is 77.9 Å². The van der Waals surface area contributed by atoms with Crippen LogP contribution in [0.3, 0.4) is 0 Å². The SMILES string of the molecule is CC(C)c1cc(B2OC(C)(C)C(C)(C)O2)cc2ccccc12. The quantitative estimate of drug-likeness (QED) is 0.771. The van der Waals surface area contributed by atoms with Crippen LogP contribution < -0.4 is 5.46 Å². The lowest BCUT2D eigenvalue weighted by Gasteiger charge is -2.32. The van der Waals surface area contributed by atoms with Gasteiger partial charge in [-0.3, -0.25) is 0 Å². The van der Waals surface area contributed by atoms with Gasteiger partial charge in [0.25, 0.3) is 0 Å². The van der Waals surface area contributed by atoms with Crippen LogP contribution in [0.15, 0.2) is 36.4 Å². The number of rotatable bonds is 2. The van der Waals surface area contributed by atoms with Gasteiger partial charge in [0.2, 0.25) is 0 Å². The highest BCUT2D eigenvalue weighted by Crippen LogP contribution is 2.37. The second-order valence-electron chi connectivity index (χ2n) is 7.57. The lowest BCUT2D eigenvalue weighted by molar-refractivity contribution is 0.00578. The third kappa shape index (κ3) is 2.47. The van der Waals surface area contributed by atoms with Crippen molar-refractivity contribution >= 4 is 23.4 Å². The second kappa shape index (κ2) is 5.11. The summed E-state index contributed by atoms with van der Waals surface area (Å²) >= 11 is 0. The average molecular weight is 296 g/mol. The molecule has 2 aromatic carbocycles. The van der Waals surface area contributed by atoms with E-state index in [4.69, 9.17) is 9.31 Å². The molecule has 0 amide bonds. The fraction of sp³-hybridized carbons (Fsp3) is 0.474. The summed E-state index contributed by atoms with van der Waals surface area (Å²) < 4.78 is 12.4. The van der Waals surface area contributed by atoms with Crippen molar-refractivity contribution in [3.63, 3.8) is 0 Å². The summed E-state index contributed by atoms with van der Waals surface area (Å²) in [4.78, 5) is 0. The molecule has 0 aliphatic carbocycles. The van der Waals surface area contributed by atoms with Gasteiger partial charge < -0.3 is 9.31 Å². The number of hydrogen-bond donors (Lipinski definition) is 0. The monoisotopic (exact) mass is 296 g/mol. The first-order chi connectivity index (χ1) is 10.2. The Bertz CT molecular complexity index is 688. The van der Waals surface area contributed by atoms with E-state index >= 15 is 0 Å². The van der Waals surface area contributed by atoms with Gasteiger partial charge in [0, 0.05) is 0 Å². The van der Waals surface area contributed by atoms with E-state index in [-0.39, 0.29) is 18.3 Å². The fourth-order valence-corrected chi connectivity index (χ4v) is 2.96. The molecule has 1 aliphatic rings. The van der Waals surface area contributed by atoms with Gasteiger partial charge >= 0.3 is 7.12 Å². The number of fused-ring (bicyclic) bond motifs is 1. The van der Waals surface area contributed by atoms with E-state index in [1.54, 1.807) is 0 Å². The normalized spacial score (nSPS) is 20.0. The molecular weight excluding hydrogens is 271 g/mol. The Balaban J connectivity index is 2.09. The summed E-state index contributed by atoms with van der Waals surface area (Å²) in [6.07, 6.45) is 0. The van der Waals surface area contributed by atoms with Crippen molar-refractivity contribution in [2.75, 3.05) is 0 Å². The van der Waals surface area contributed by atoms with Gasteiger partial charge in [-0.05, 0) is 55.4 Å². The Labute approximate surface area is 134 Å². The van der Waals surface area contributed by atoms with Gasteiger partial charge in [0.1, 0.15) is 0 Å². The summed E-state index contributed by atoms with van der Waals surface area (Å²) in [6.45, 7) is 12.8. The Morgan fingerprint density at radius 1 is 0.909 bits per heavy atom. The van der Waals surface area contributed by atoms with Crippen LogP contribution in [0, 0.1) is 0 Å². The Morgan fingerprint density at radius 2 is 1.50 bits per heavy atom. The molecule has 0 radical (unpaired) electrons. The summed E-state index contributed by atoms with van der Waals surface area (Å²) in [5.74, 6) is 0.465. The average Bonchev–Trinajstić information content (AvgIpc) is 2.66. The van der Waals surface area contributed by atoms with Crippen molar-refractivity contribution in [1.29, 1.82) is 0 Å². The van der Waals surface area contributed by atoms with Crippen molar-refractivity contribution in [2.45, 2.75) is 58.7 Å². The Kier molecular flexibility index (Phi) is 3.62. The van der Waals surface area contributed by atoms with Crippen molar-refractivity contribution in [1.82, 2.24) is 0 Å². The lowest BCUT2D eigenvalue weighted by Crippen LogP contribution is -2.41. The number of hydrogen-bond acceptors (Lipinski definition) is 2. The van der Waals surface area contributed by atoms with Crippen LogP contribution >= 0.6 is 0 Å². The van der Waals surface area contributed by atoms with Crippen LogP contribution in [-0.4, -0.2) is 18.3 Å². The minimum absolute atomic E-state index is 0.299. The molecule has 2 nitrogen and oxygen atoms in total. The zero-order valence-corrected chi connectivity index (χ0v) is 14.4.